The van der Waals surface area contributed by atoms with Gasteiger partial charge in [0.15, 0.2) is 0 Å². The van der Waals surface area contributed by atoms with E-state index in [4.69, 9.17) is 27.9 Å². The van der Waals surface area contributed by atoms with Gasteiger partial charge in [-0.3, -0.25) is 13.9 Å². The number of sulfonamides is 1. The van der Waals surface area contributed by atoms with E-state index >= 15 is 0 Å². The highest BCUT2D eigenvalue weighted by atomic mass is 79.9. The van der Waals surface area contributed by atoms with Crippen molar-refractivity contribution in [2.75, 3.05) is 24.0 Å². The van der Waals surface area contributed by atoms with E-state index in [1.165, 1.54) is 17.0 Å². The van der Waals surface area contributed by atoms with Crippen LogP contribution in [0.15, 0.2) is 76.1 Å². The van der Waals surface area contributed by atoms with Crippen molar-refractivity contribution in [1.29, 1.82) is 0 Å². The van der Waals surface area contributed by atoms with Gasteiger partial charge in [-0.15, -0.1) is 0 Å². The number of nitrogens with zero attached hydrogens (tertiary/aromatic N) is 2. The fourth-order valence-electron chi connectivity index (χ4n) is 3.97. The molecule has 0 unspecified atom stereocenters. The smallest absolute Gasteiger partial charge is 0.264 e. The summed E-state index contributed by atoms with van der Waals surface area (Å²) in [5, 5.41) is 3.44. The minimum Gasteiger partial charge on any atom is -0.494 e. The average Bonchev–Trinajstić information content (AvgIpc) is 2.95. The maximum atomic E-state index is 14.0. The van der Waals surface area contributed by atoms with Crippen LogP contribution in [0.2, 0.25) is 10.0 Å². The highest BCUT2D eigenvalue weighted by molar-refractivity contribution is 9.10. The first-order valence-corrected chi connectivity index (χ1v) is 16.0. The van der Waals surface area contributed by atoms with E-state index < -0.39 is 28.5 Å². The van der Waals surface area contributed by atoms with Gasteiger partial charge in [0.2, 0.25) is 11.8 Å². The molecule has 3 aromatic carbocycles. The van der Waals surface area contributed by atoms with E-state index in [9.17, 15) is 18.0 Å². The normalized spacial score (nSPS) is 12.0. The Kier molecular flexibility index (Phi) is 11.9. The van der Waals surface area contributed by atoms with Gasteiger partial charge in [-0.05, 0) is 80.9 Å². The minimum absolute atomic E-state index is 0.00294. The molecular formula is C29H32BrCl2N3O5S. The number of hydrogen-bond acceptors (Lipinski definition) is 5. The molecule has 1 atom stereocenters. The van der Waals surface area contributed by atoms with Crippen molar-refractivity contribution in [3.8, 4) is 5.75 Å². The fraction of sp³-hybridized carbons (Fsp3) is 0.310. The van der Waals surface area contributed by atoms with Gasteiger partial charge in [-0.2, -0.15) is 0 Å². The number of ether oxygens (including phenoxy) is 1. The molecule has 41 heavy (non-hydrogen) atoms. The molecule has 8 nitrogen and oxygen atoms in total. The fourth-order valence-corrected chi connectivity index (χ4v) is 6.17. The Morgan fingerprint density at radius 1 is 0.976 bits per heavy atom. The lowest BCUT2D eigenvalue weighted by atomic mass is 10.1. The van der Waals surface area contributed by atoms with Crippen LogP contribution in [0.1, 0.15) is 32.8 Å². The van der Waals surface area contributed by atoms with Gasteiger partial charge >= 0.3 is 0 Å². The third-order valence-corrected chi connectivity index (χ3v) is 9.25. The Labute approximate surface area is 259 Å². The second-order valence-electron chi connectivity index (χ2n) is 9.08. The average molecular weight is 685 g/mol. The summed E-state index contributed by atoms with van der Waals surface area (Å²) in [7, 11) is -4.20. The Balaban J connectivity index is 2.06. The molecule has 1 N–H and O–H groups in total. The van der Waals surface area contributed by atoms with Crippen LogP contribution in [0.25, 0.3) is 0 Å². The van der Waals surface area contributed by atoms with Crippen LogP contribution in [-0.4, -0.2) is 50.9 Å². The van der Waals surface area contributed by atoms with Crippen LogP contribution in [0.5, 0.6) is 5.75 Å². The van der Waals surface area contributed by atoms with E-state index in [0.29, 0.717) is 45.4 Å². The predicted molar refractivity (Wildman–Crippen MR) is 166 cm³/mol. The molecule has 0 bridgehead atoms. The Hall–Kier alpha value is -2.79. The van der Waals surface area contributed by atoms with Crippen LogP contribution >= 0.6 is 39.1 Å². The molecule has 12 heteroatoms. The van der Waals surface area contributed by atoms with Gasteiger partial charge in [0.25, 0.3) is 10.0 Å². The van der Waals surface area contributed by atoms with Crippen LogP contribution in [-0.2, 0) is 26.2 Å². The molecule has 0 heterocycles. The molecule has 0 aliphatic rings. The molecule has 0 fully saturated rings. The SMILES string of the molecule is CCCNC(=O)[C@@H](C)N(Cc1c(Cl)cccc1Cl)C(=O)CN(c1ccc(OCC)cc1)S(=O)(=O)c1ccc(Br)cc1. The van der Waals surface area contributed by atoms with Crippen molar-refractivity contribution >= 4 is 66.7 Å². The summed E-state index contributed by atoms with van der Waals surface area (Å²) in [6, 6.07) is 16.5. The number of halogens is 3. The lowest BCUT2D eigenvalue weighted by Gasteiger charge is -2.32. The van der Waals surface area contributed by atoms with E-state index in [2.05, 4.69) is 21.2 Å². The summed E-state index contributed by atoms with van der Waals surface area (Å²) in [6.07, 6.45) is 0.708. The highest BCUT2D eigenvalue weighted by Crippen LogP contribution is 2.29. The molecule has 0 aliphatic carbocycles. The third kappa shape index (κ3) is 8.38. The molecular weight excluding hydrogens is 653 g/mol. The third-order valence-electron chi connectivity index (χ3n) is 6.22. The second-order valence-corrected chi connectivity index (χ2v) is 12.7. The van der Waals surface area contributed by atoms with Crippen molar-refractivity contribution < 1.29 is 22.7 Å². The lowest BCUT2D eigenvalue weighted by Crippen LogP contribution is -2.51. The molecule has 3 rings (SSSR count). The largest absolute Gasteiger partial charge is 0.494 e. The molecule has 0 aromatic heterocycles. The Morgan fingerprint density at radius 2 is 1.59 bits per heavy atom. The van der Waals surface area contributed by atoms with Gasteiger partial charge in [0.1, 0.15) is 18.3 Å². The van der Waals surface area contributed by atoms with E-state index in [1.807, 2.05) is 13.8 Å². The highest BCUT2D eigenvalue weighted by Gasteiger charge is 2.33. The second kappa shape index (κ2) is 14.9. The number of hydrogen-bond donors (Lipinski definition) is 1. The summed E-state index contributed by atoms with van der Waals surface area (Å²) in [5.41, 5.74) is 0.700. The molecule has 3 aromatic rings. The maximum Gasteiger partial charge on any atom is 0.264 e. The minimum atomic E-state index is -4.20. The lowest BCUT2D eigenvalue weighted by molar-refractivity contribution is -0.139. The van der Waals surface area contributed by atoms with Crippen molar-refractivity contribution in [3.05, 3.63) is 86.8 Å². The van der Waals surface area contributed by atoms with Crippen LogP contribution in [0.3, 0.4) is 0 Å². The molecule has 220 valence electrons. The first kappa shape index (κ1) is 32.7. The molecule has 0 spiro atoms. The summed E-state index contributed by atoms with van der Waals surface area (Å²) in [5.74, 6) is -0.443. The topological polar surface area (TPSA) is 96.0 Å². The number of carbonyl (C=O) groups is 2. The van der Waals surface area contributed by atoms with Gasteiger partial charge < -0.3 is 15.0 Å². The number of amides is 2. The Morgan fingerprint density at radius 3 is 2.15 bits per heavy atom. The number of nitrogens with one attached hydrogen (secondary N) is 1. The van der Waals surface area contributed by atoms with Crippen molar-refractivity contribution in [2.24, 2.45) is 0 Å². The zero-order valence-corrected chi connectivity index (χ0v) is 26.9. The number of benzene rings is 3. The van der Waals surface area contributed by atoms with Crippen LogP contribution < -0.4 is 14.4 Å². The van der Waals surface area contributed by atoms with Crippen molar-refractivity contribution in [3.63, 3.8) is 0 Å². The summed E-state index contributed by atoms with van der Waals surface area (Å²) in [4.78, 5) is 28.3. The zero-order valence-electron chi connectivity index (χ0n) is 22.9. The van der Waals surface area contributed by atoms with Crippen LogP contribution in [0, 0.1) is 0 Å². The monoisotopic (exact) mass is 683 g/mol. The quantitative estimate of drug-likeness (QED) is 0.228. The first-order valence-electron chi connectivity index (χ1n) is 13.0. The number of rotatable bonds is 13. The number of anilines is 1. The van der Waals surface area contributed by atoms with Gasteiger partial charge in [-0.1, -0.05) is 52.1 Å². The predicted octanol–water partition coefficient (Wildman–Crippen LogP) is 6.29. The van der Waals surface area contributed by atoms with Gasteiger partial charge in [-0.25, -0.2) is 8.42 Å². The van der Waals surface area contributed by atoms with Crippen LogP contribution in [0.4, 0.5) is 5.69 Å². The van der Waals surface area contributed by atoms with Gasteiger partial charge in [0, 0.05) is 33.2 Å². The summed E-state index contributed by atoms with van der Waals surface area (Å²) >= 11 is 16.1. The molecule has 0 saturated heterocycles. The number of carbonyl (C=O) groups excluding carboxylic acids is 2. The van der Waals surface area contributed by atoms with Gasteiger partial charge in [0.05, 0.1) is 17.2 Å². The Bertz CT molecular complexity index is 1430. The molecule has 2 amide bonds. The van der Waals surface area contributed by atoms with Crippen molar-refractivity contribution in [2.45, 2.75) is 44.7 Å². The van der Waals surface area contributed by atoms with E-state index in [0.717, 1.165) is 4.31 Å². The zero-order chi connectivity index (χ0) is 30.2. The maximum absolute atomic E-state index is 14.0. The van der Waals surface area contributed by atoms with Crippen molar-refractivity contribution in [1.82, 2.24) is 10.2 Å². The molecule has 0 radical (unpaired) electrons. The van der Waals surface area contributed by atoms with E-state index in [1.54, 1.807) is 61.5 Å². The summed E-state index contributed by atoms with van der Waals surface area (Å²) < 4.78 is 35.1. The van der Waals surface area contributed by atoms with E-state index in [-0.39, 0.29) is 23.0 Å². The molecule has 0 aliphatic heterocycles. The standard InChI is InChI=1S/C29H32BrCl2N3O5S/c1-4-17-33-29(37)20(3)34(18-25-26(31)7-6-8-27(25)32)28(36)19-35(22-11-13-23(14-12-22)40-5-2)41(38,39)24-15-9-21(30)10-16-24/h6-16,20H,4-5,17-19H2,1-3H3,(H,33,37)/t20-/m1/s1. The first-order chi connectivity index (χ1) is 19.5. The molecule has 0 saturated carbocycles. The summed E-state index contributed by atoms with van der Waals surface area (Å²) in [6.45, 7) is 5.52.